The Bertz CT molecular complexity index is 1100. The molecule has 0 aliphatic rings. The lowest BCUT2D eigenvalue weighted by molar-refractivity contribution is 0.102. The van der Waals surface area contributed by atoms with E-state index in [1.807, 2.05) is 84.5 Å². The van der Waals surface area contributed by atoms with E-state index in [0.717, 1.165) is 28.9 Å². The van der Waals surface area contributed by atoms with Gasteiger partial charge in [-0.25, -0.2) is 4.68 Å². The highest BCUT2D eigenvalue weighted by Crippen LogP contribution is 2.24. The Hall–Kier alpha value is -3.60. The first-order valence-electron chi connectivity index (χ1n) is 9.35. The lowest BCUT2D eigenvalue weighted by Crippen LogP contribution is -2.17. The molecule has 2 heterocycles. The number of carbonyl (C=O) groups excluding carboxylic acids is 1. The summed E-state index contributed by atoms with van der Waals surface area (Å²) in [7, 11) is 0. The van der Waals surface area contributed by atoms with E-state index in [0.29, 0.717) is 11.4 Å². The van der Waals surface area contributed by atoms with E-state index in [1.54, 1.807) is 10.9 Å². The highest BCUT2D eigenvalue weighted by Gasteiger charge is 2.21. The van der Waals surface area contributed by atoms with E-state index < -0.39 is 0 Å². The number of nitrogens with zero attached hydrogens (tertiary/aromatic N) is 3. The number of benzene rings is 2. The van der Waals surface area contributed by atoms with E-state index in [9.17, 15) is 4.79 Å². The number of hydrogen-bond acceptors (Lipinski definition) is 2. The first-order chi connectivity index (χ1) is 13.7. The van der Waals surface area contributed by atoms with Crippen molar-refractivity contribution in [2.75, 3.05) is 5.32 Å². The van der Waals surface area contributed by atoms with Gasteiger partial charge in [0, 0.05) is 18.1 Å². The molecule has 0 saturated heterocycles. The molecule has 0 atom stereocenters. The molecule has 1 N–H and O–H groups in total. The fourth-order valence-electron chi connectivity index (χ4n) is 3.37. The second-order valence-corrected chi connectivity index (χ2v) is 6.64. The molecule has 0 spiro atoms. The first-order valence-corrected chi connectivity index (χ1v) is 9.35. The summed E-state index contributed by atoms with van der Waals surface area (Å²) >= 11 is 0. The zero-order chi connectivity index (χ0) is 19.5. The van der Waals surface area contributed by atoms with Crippen LogP contribution in [0.3, 0.4) is 0 Å². The maximum absolute atomic E-state index is 13.2. The van der Waals surface area contributed by atoms with Crippen molar-refractivity contribution in [2.24, 2.45) is 0 Å². The molecule has 0 fully saturated rings. The second-order valence-electron chi connectivity index (χ2n) is 6.64. The molecule has 0 aliphatic heterocycles. The molecule has 0 unspecified atom stereocenters. The number of carbonyl (C=O) groups is 1. The van der Waals surface area contributed by atoms with Gasteiger partial charge in [-0.2, -0.15) is 5.10 Å². The summed E-state index contributed by atoms with van der Waals surface area (Å²) < 4.78 is 3.70. The fourth-order valence-corrected chi connectivity index (χ4v) is 3.37. The van der Waals surface area contributed by atoms with Crippen molar-refractivity contribution in [1.82, 2.24) is 14.3 Å². The van der Waals surface area contributed by atoms with Crippen LogP contribution in [0.15, 0.2) is 79.3 Å². The Kier molecular flexibility index (Phi) is 4.81. The average molecular weight is 370 g/mol. The molecule has 140 valence electrons. The zero-order valence-electron chi connectivity index (χ0n) is 16.0. The fraction of sp³-hybridized carbons (Fsp3) is 0.130. The molecule has 4 aromatic rings. The Labute approximate surface area is 164 Å². The normalized spacial score (nSPS) is 10.8. The number of nitrogens with one attached hydrogen (secondary N) is 1. The molecule has 1 amide bonds. The van der Waals surface area contributed by atoms with Crippen molar-refractivity contribution in [2.45, 2.75) is 20.3 Å². The summed E-state index contributed by atoms with van der Waals surface area (Å²) in [5.74, 6) is 0.537. The second kappa shape index (κ2) is 7.56. The smallest absolute Gasteiger partial charge is 0.261 e. The molecule has 0 radical (unpaired) electrons. The minimum Gasteiger partial charge on any atom is -0.321 e. The van der Waals surface area contributed by atoms with Crippen LogP contribution in [0.25, 0.3) is 11.5 Å². The topological polar surface area (TPSA) is 51.9 Å². The molecule has 0 saturated carbocycles. The van der Waals surface area contributed by atoms with Gasteiger partial charge in [0.25, 0.3) is 5.91 Å². The summed E-state index contributed by atoms with van der Waals surface area (Å²) in [6, 6.07) is 19.7. The van der Waals surface area contributed by atoms with Gasteiger partial charge in [0.15, 0.2) is 5.82 Å². The van der Waals surface area contributed by atoms with Crippen LogP contribution in [0.1, 0.15) is 28.4 Å². The van der Waals surface area contributed by atoms with Crippen molar-refractivity contribution in [3.05, 3.63) is 95.9 Å². The van der Waals surface area contributed by atoms with E-state index in [4.69, 9.17) is 0 Å². The Morgan fingerprint density at radius 2 is 1.75 bits per heavy atom. The molecule has 0 bridgehead atoms. The van der Waals surface area contributed by atoms with Gasteiger partial charge in [-0.3, -0.25) is 4.79 Å². The Balaban J connectivity index is 1.79. The van der Waals surface area contributed by atoms with Crippen LogP contribution in [0, 0.1) is 6.92 Å². The molecule has 0 aliphatic carbocycles. The number of anilines is 1. The van der Waals surface area contributed by atoms with Crippen molar-refractivity contribution in [3.8, 4) is 11.5 Å². The van der Waals surface area contributed by atoms with Crippen LogP contribution in [-0.2, 0) is 6.42 Å². The third-order valence-corrected chi connectivity index (χ3v) is 4.82. The van der Waals surface area contributed by atoms with Gasteiger partial charge in [0.2, 0.25) is 0 Å². The number of aromatic nitrogens is 3. The average Bonchev–Trinajstić information content (AvgIpc) is 3.39. The van der Waals surface area contributed by atoms with Crippen LogP contribution in [0.4, 0.5) is 5.69 Å². The molecule has 5 heteroatoms. The lowest BCUT2D eigenvalue weighted by atomic mass is 10.1. The van der Waals surface area contributed by atoms with Gasteiger partial charge < -0.3 is 9.88 Å². The van der Waals surface area contributed by atoms with Gasteiger partial charge in [0.05, 0.1) is 11.9 Å². The van der Waals surface area contributed by atoms with Gasteiger partial charge >= 0.3 is 0 Å². The third kappa shape index (κ3) is 3.22. The van der Waals surface area contributed by atoms with Gasteiger partial charge in [0.1, 0.15) is 5.56 Å². The zero-order valence-corrected chi connectivity index (χ0v) is 16.0. The summed E-state index contributed by atoms with van der Waals surface area (Å²) in [5.41, 5.74) is 4.46. The monoisotopic (exact) mass is 370 g/mol. The lowest BCUT2D eigenvalue weighted by Gasteiger charge is -2.14. The number of para-hydroxylation sites is 2. The molecular weight excluding hydrogens is 348 g/mol. The standard InChI is InChI=1S/C23H22N4O/c1-3-18-11-9-10-17(2)21(18)25-22(28)20-16-24-27(19-12-5-4-6-13-19)23(20)26-14-7-8-15-26/h4-16H,3H2,1-2H3,(H,25,28). The van der Waals surface area contributed by atoms with E-state index in [1.165, 1.54) is 0 Å². The van der Waals surface area contributed by atoms with E-state index in [2.05, 4.69) is 17.3 Å². The number of hydrogen-bond donors (Lipinski definition) is 1. The Morgan fingerprint density at radius 3 is 2.46 bits per heavy atom. The highest BCUT2D eigenvalue weighted by atomic mass is 16.1. The maximum Gasteiger partial charge on any atom is 0.261 e. The minimum absolute atomic E-state index is 0.171. The summed E-state index contributed by atoms with van der Waals surface area (Å²) in [6.07, 6.45) is 6.31. The van der Waals surface area contributed by atoms with Crippen molar-refractivity contribution < 1.29 is 4.79 Å². The predicted molar refractivity (Wildman–Crippen MR) is 111 cm³/mol. The van der Waals surface area contributed by atoms with Crippen LogP contribution in [-0.4, -0.2) is 20.3 Å². The van der Waals surface area contributed by atoms with Crippen LogP contribution in [0.5, 0.6) is 0 Å². The summed E-state index contributed by atoms with van der Waals surface area (Å²) in [6.45, 7) is 4.10. The van der Waals surface area contributed by atoms with Crippen LogP contribution >= 0.6 is 0 Å². The van der Waals surface area contributed by atoms with Crippen LogP contribution in [0.2, 0.25) is 0 Å². The maximum atomic E-state index is 13.2. The Morgan fingerprint density at radius 1 is 1.00 bits per heavy atom. The van der Waals surface area contributed by atoms with E-state index >= 15 is 0 Å². The molecule has 28 heavy (non-hydrogen) atoms. The number of rotatable bonds is 5. The van der Waals surface area contributed by atoms with Crippen molar-refractivity contribution in [3.63, 3.8) is 0 Å². The largest absolute Gasteiger partial charge is 0.321 e. The molecular formula is C23H22N4O. The molecule has 2 aromatic heterocycles. The number of aryl methyl sites for hydroxylation is 2. The van der Waals surface area contributed by atoms with E-state index in [-0.39, 0.29) is 5.91 Å². The first kappa shape index (κ1) is 17.8. The van der Waals surface area contributed by atoms with Gasteiger partial charge in [-0.05, 0) is 48.7 Å². The SMILES string of the molecule is CCc1cccc(C)c1NC(=O)c1cnn(-c2ccccc2)c1-n1cccc1. The van der Waals surface area contributed by atoms with Crippen molar-refractivity contribution in [1.29, 1.82) is 0 Å². The van der Waals surface area contributed by atoms with Crippen LogP contribution < -0.4 is 5.32 Å². The molecule has 2 aromatic carbocycles. The third-order valence-electron chi connectivity index (χ3n) is 4.82. The molecule has 5 nitrogen and oxygen atoms in total. The number of amides is 1. The van der Waals surface area contributed by atoms with Gasteiger partial charge in [-0.1, -0.05) is 43.3 Å². The van der Waals surface area contributed by atoms with Gasteiger partial charge in [-0.15, -0.1) is 0 Å². The highest BCUT2D eigenvalue weighted by molar-refractivity contribution is 6.07. The molecule has 4 rings (SSSR count). The summed E-state index contributed by atoms with van der Waals surface area (Å²) in [4.78, 5) is 13.2. The van der Waals surface area contributed by atoms with Crippen molar-refractivity contribution >= 4 is 11.6 Å². The summed E-state index contributed by atoms with van der Waals surface area (Å²) in [5, 5.41) is 7.61. The minimum atomic E-state index is -0.171. The predicted octanol–water partition coefficient (Wildman–Crippen LogP) is 4.79. The quantitative estimate of drug-likeness (QED) is 0.549.